The van der Waals surface area contributed by atoms with Gasteiger partial charge >= 0.3 is 6.09 Å². The van der Waals surface area contributed by atoms with E-state index in [0.29, 0.717) is 18.0 Å². The number of halogens is 5. The summed E-state index contributed by atoms with van der Waals surface area (Å²) in [6, 6.07) is 0. The number of hydrogen-bond donors (Lipinski definition) is 0. The molecule has 0 atom stereocenters. The van der Waals surface area contributed by atoms with Gasteiger partial charge in [0.25, 0.3) is 0 Å². The number of benzene rings is 1. The van der Waals surface area contributed by atoms with Crippen LogP contribution in [0.1, 0.15) is 0 Å². The number of amides is 1. The first kappa shape index (κ1) is 14.7. The second-order valence-corrected chi connectivity index (χ2v) is 6.13. The zero-order chi connectivity index (χ0) is 13.4. The molecule has 1 saturated heterocycles. The first-order valence-electron chi connectivity index (χ1n) is 4.57. The van der Waals surface area contributed by atoms with Crippen molar-refractivity contribution in [2.75, 3.05) is 13.2 Å². The lowest BCUT2D eigenvalue weighted by Gasteiger charge is -2.15. The van der Waals surface area contributed by atoms with Gasteiger partial charge in [-0.1, -0.05) is 58.0 Å². The minimum absolute atomic E-state index is 0.0849. The second-order valence-electron chi connectivity index (χ2n) is 3.21. The summed E-state index contributed by atoms with van der Waals surface area (Å²) in [5, 5.41) is 0.591. The molecule has 18 heavy (non-hydrogen) atoms. The number of cyclic esters (lactones) is 1. The number of rotatable bonds is 2. The largest absolute Gasteiger partial charge is 0.447 e. The lowest BCUT2D eigenvalue weighted by Crippen LogP contribution is -2.15. The summed E-state index contributed by atoms with van der Waals surface area (Å²) in [5.74, 6) is 0. The molecule has 1 fully saturated rings. The zero-order valence-corrected chi connectivity index (χ0v) is 13.1. The van der Waals surface area contributed by atoms with Crippen molar-refractivity contribution >= 4 is 76.0 Å². The minimum Gasteiger partial charge on any atom is -0.447 e. The molecule has 0 radical (unpaired) electrons. The van der Waals surface area contributed by atoms with Gasteiger partial charge in [0, 0.05) is 0 Å². The van der Waals surface area contributed by atoms with Crippen molar-refractivity contribution < 1.29 is 9.53 Å². The van der Waals surface area contributed by atoms with Crippen LogP contribution in [0.5, 0.6) is 0 Å². The quantitative estimate of drug-likeness (QED) is 0.397. The molecular formula is C9H4Cl5NO2S. The van der Waals surface area contributed by atoms with Gasteiger partial charge in [0.05, 0.1) is 36.6 Å². The molecule has 1 aliphatic rings. The Morgan fingerprint density at radius 3 is 1.89 bits per heavy atom. The van der Waals surface area contributed by atoms with Crippen LogP contribution in [0.4, 0.5) is 4.79 Å². The lowest BCUT2D eigenvalue weighted by atomic mass is 10.3. The van der Waals surface area contributed by atoms with Crippen LogP contribution < -0.4 is 0 Å². The molecule has 0 saturated carbocycles. The smallest absolute Gasteiger partial charge is 0.420 e. The zero-order valence-electron chi connectivity index (χ0n) is 8.48. The van der Waals surface area contributed by atoms with Crippen LogP contribution in [-0.4, -0.2) is 23.6 Å². The standard InChI is InChI=1S/C9H4Cl5NO2S/c10-3-4(11)6(13)8(7(14)5(3)12)18-15-1-2-17-9(15)16/h1-2H2. The average Bonchev–Trinajstić information content (AvgIpc) is 2.75. The van der Waals surface area contributed by atoms with Gasteiger partial charge < -0.3 is 4.74 Å². The summed E-state index contributed by atoms with van der Waals surface area (Å²) >= 11 is 30.8. The third-order valence-corrected chi connectivity index (χ3v) is 5.74. The number of carbonyl (C=O) groups is 1. The second kappa shape index (κ2) is 5.73. The fraction of sp³-hybridized carbons (Fsp3) is 0.222. The normalized spacial score (nSPS) is 15.2. The van der Waals surface area contributed by atoms with Gasteiger partial charge in [-0.3, -0.25) is 0 Å². The molecule has 3 nitrogen and oxygen atoms in total. The van der Waals surface area contributed by atoms with Crippen LogP contribution in [-0.2, 0) is 4.74 Å². The molecular weight excluding hydrogens is 363 g/mol. The van der Waals surface area contributed by atoms with E-state index in [1.54, 1.807) is 0 Å². The third-order valence-electron chi connectivity index (χ3n) is 2.09. The van der Waals surface area contributed by atoms with Gasteiger partial charge in [0.1, 0.15) is 6.61 Å². The number of carbonyl (C=O) groups excluding carboxylic acids is 1. The molecule has 0 bridgehead atoms. The molecule has 0 N–H and O–H groups in total. The average molecular weight is 367 g/mol. The fourth-order valence-electron chi connectivity index (χ4n) is 1.24. The van der Waals surface area contributed by atoms with E-state index in [1.165, 1.54) is 4.31 Å². The topological polar surface area (TPSA) is 29.5 Å². The number of hydrogen-bond acceptors (Lipinski definition) is 3. The molecule has 0 spiro atoms. The van der Waals surface area contributed by atoms with Crippen molar-refractivity contribution in [2.45, 2.75) is 4.90 Å². The van der Waals surface area contributed by atoms with Gasteiger partial charge in [-0.05, 0) is 11.9 Å². The molecule has 0 aliphatic carbocycles. The van der Waals surface area contributed by atoms with E-state index in [4.69, 9.17) is 62.7 Å². The van der Waals surface area contributed by atoms with E-state index < -0.39 is 6.09 Å². The highest BCUT2D eigenvalue weighted by atomic mass is 35.5. The van der Waals surface area contributed by atoms with Crippen LogP contribution in [0, 0.1) is 0 Å². The highest BCUT2D eigenvalue weighted by Crippen LogP contribution is 2.48. The predicted molar refractivity (Wildman–Crippen MR) is 75.4 cm³/mol. The van der Waals surface area contributed by atoms with E-state index in [1.807, 2.05) is 0 Å². The van der Waals surface area contributed by atoms with Crippen LogP contribution in [0.2, 0.25) is 25.1 Å². The SMILES string of the molecule is O=C1OCCN1Sc1c(Cl)c(Cl)c(Cl)c(Cl)c1Cl. The minimum atomic E-state index is -0.464. The van der Waals surface area contributed by atoms with E-state index in [-0.39, 0.29) is 25.1 Å². The van der Waals surface area contributed by atoms with Gasteiger partial charge in [-0.25, -0.2) is 9.10 Å². The number of nitrogens with zero attached hydrogens (tertiary/aromatic N) is 1. The highest BCUT2D eigenvalue weighted by molar-refractivity contribution is 7.97. The summed E-state index contributed by atoms with van der Waals surface area (Å²) in [5.41, 5.74) is 0. The molecule has 0 unspecified atom stereocenters. The van der Waals surface area contributed by atoms with Gasteiger partial charge in [-0.2, -0.15) is 0 Å². The Bertz CT molecular complexity index is 495. The maximum atomic E-state index is 11.3. The first-order chi connectivity index (χ1) is 8.43. The summed E-state index contributed by atoms with van der Waals surface area (Å²) in [4.78, 5) is 11.7. The molecule has 1 amide bonds. The maximum absolute atomic E-state index is 11.3. The molecule has 9 heteroatoms. The highest BCUT2D eigenvalue weighted by Gasteiger charge is 2.27. The summed E-state index contributed by atoms with van der Waals surface area (Å²) < 4.78 is 6.16. The number of ether oxygens (including phenoxy) is 1. The van der Waals surface area contributed by atoms with Crippen LogP contribution >= 0.6 is 70.0 Å². The van der Waals surface area contributed by atoms with Crippen molar-refractivity contribution in [2.24, 2.45) is 0 Å². The molecule has 98 valence electrons. The Hall–Kier alpha value is 0.290. The van der Waals surface area contributed by atoms with E-state index in [2.05, 4.69) is 0 Å². The van der Waals surface area contributed by atoms with Crippen molar-refractivity contribution in [3.8, 4) is 0 Å². The molecule has 1 aromatic carbocycles. The van der Waals surface area contributed by atoms with E-state index in [0.717, 1.165) is 11.9 Å². The Balaban J connectivity index is 2.41. The van der Waals surface area contributed by atoms with Gasteiger partial charge in [0.2, 0.25) is 0 Å². The van der Waals surface area contributed by atoms with Crippen LogP contribution in [0.3, 0.4) is 0 Å². The molecule has 1 aliphatic heterocycles. The summed E-state index contributed by atoms with van der Waals surface area (Å²) in [6.07, 6.45) is -0.464. The van der Waals surface area contributed by atoms with E-state index >= 15 is 0 Å². The Morgan fingerprint density at radius 2 is 1.44 bits per heavy atom. The van der Waals surface area contributed by atoms with Crippen molar-refractivity contribution in [1.82, 2.24) is 4.31 Å². The van der Waals surface area contributed by atoms with Crippen LogP contribution in [0.15, 0.2) is 4.90 Å². The van der Waals surface area contributed by atoms with Crippen LogP contribution in [0.25, 0.3) is 0 Å². The monoisotopic (exact) mass is 365 g/mol. The van der Waals surface area contributed by atoms with Crippen molar-refractivity contribution in [3.63, 3.8) is 0 Å². The Labute approximate surface area is 132 Å². The Kier molecular flexibility index (Phi) is 4.68. The first-order valence-corrected chi connectivity index (χ1v) is 7.23. The molecule has 0 aromatic heterocycles. The van der Waals surface area contributed by atoms with Crippen molar-refractivity contribution in [3.05, 3.63) is 25.1 Å². The molecule has 2 rings (SSSR count). The molecule has 1 heterocycles. The molecule has 1 aromatic rings. The third kappa shape index (κ3) is 2.60. The summed E-state index contributed by atoms with van der Waals surface area (Å²) in [7, 11) is 0. The van der Waals surface area contributed by atoms with Gasteiger partial charge in [-0.15, -0.1) is 0 Å². The summed E-state index contributed by atoms with van der Waals surface area (Å²) in [6.45, 7) is 0.740. The van der Waals surface area contributed by atoms with E-state index in [9.17, 15) is 4.79 Å². The lowest BCUT2D eigenvalue weighted by molar-refractivity contribution is 0.171. The fourth-order valence-corrected chi connectivity index (χ4v) is 3.57. The maximum Gasteiger partial charge on any atom is 0.420 e. The van der Waals surface area contributed by atoms with Crippen molar-refractivity contribution in [1.29, 1.82) is 0 Å². The Morgan fingerprint density at radius 1 is 0.944 bits per heavy atom. The van der Waals surface area contributed by atoms with Gasteiger partial charge in [0.15, 0.2) is 0 Å². The predicted octanol–water partition coefficient (Wildman–Crippen LogP) is 5.41.